The van der Waals surface area contributed by atoms with E-state index in [1.807, 2.05) is 31.2 Å². The lowest BCUT2D eigenvalue weighted by Gasteiger charge is -2.11. The zero-order valence-corrected chi connectivity index (χ0v) is 10.3. The van der Waals surface area contributed by atoms with Gasteiger partial charge < -0.3 is 11.1 Å². The molecule has 0 spiro atoms. The van der Waals surface area contributed by atoms with Gasteiger partial charge >= 0.3 is 0 Å². The Bertz CT molecular complexity index is 512. The summed E-state index contributed by atoms with van der Waals surface area (Å²) >= 11 is 5.99. The lowest BCUT2D eigenvalue weighted by atomic mass is 10.1. The number of halogens is 1. The topological polar surface area (TPSA) is 50.9 Å². The van der Waals surface area contributed by atoms with Gasteiger partial charge in [0.15, 0.2) is 0 Å². The van der Waals surface area contributed by atoms with Crippen LogP contribution in [0.25, 0.3) is 0 Å². The Morgan fingerprint density at radius 1 is 1.29 bits per heavy atom. The number of aromatic nitrogens is 1. The molecule has 0 aliphatic carbocycles. The molecule has 1 aromatic carbocycles. The minimum absolute atomic E-state index is 0.577. The molecular formula is C13H14ClN3. The molecule has 0 bridgehead atoms. The Balaban J connectivity index is 2.12. The second kappa shape index (κ2) is 5.06. The standard InChI is InChI=1S/C13H14ClN3/c1-9-6-12(15)11(14)7-13(9)17-8-10-2-4-16-5-3-10/h2-7,17H,8,15H2,1H3. The normalized spacial score (nSPS) is 10.2. The fourth-order valence-electron chi connectivity index (χ4n) is 1.59. The van der Waals surface area contributed by atoms with E-state index in [2.05, 4.69) is 10.3 Å². The fourth-order valence-corrected chi connectivity index (χ4v) is 1.76. The summed E-state index contributed by atoms with van der Waals surface area (Å²) in [5.74, 6) is 0. The zero-order chi connectivity index (χ0) is 12.3. The molecule has 3 nitrogen and oxygen atoms in total. The number of rotatable bonds is 3. The van der Waals surface area contributed by atoms with E-state index < -0.39 is 0 Å². The number of nitrogen functional groups attached to an aromatic ring is 1. The quantitative estimate of drug-likeness (QED) is 0.819. The smallest absolute Gasteiger partial charge is 0.0656 e. The summed E-state index contributed by atoms with van der Waals surface area (Å²) in [6.45, 7) is 2.74. The highest BCUT2D eigenvalue weighted by Gasteiger charge is 2.03. The molecule has 0 amide bonds. The first-order valence-corrected chi connectivity index (χ1v) is 5.73. The van der Waals surface area contributed by atoms with Crippen molar-refractivity contribution in [3.05, 3.63) is 52.8 Å². The third-order valence-corrected chi connectivity index (χ3v) is 2.90. The van der Waals surface area contributed by atoms with Crippen LogP contribution in [0.3, 0.4) is 0 Å². The first-order chi connectivity index (χ1) is 8.16. The third-order valence-electron chi connectivity index (χ3n) is 2.58. The second-order valence-corrected chi connectivity index (χ2v) is 4.30. The van der Waals surface area contributed by atoms with E-state index in [-0.39, 0.29) is 0 Å². The molecule has 88 valence electrons. The Morgan fingerprint density at radius 2 is 2.00 bits per heavy atom. The van der Waals surface area contributed by atoms with E-state index in [4.69, 9.17) is 17.3 Å². The molecule has 0 saturated heterocycles. The van der Waals surface area contributed by atoms with Crippen LogP contribution in [-0.2, 0) is 6.54 Å². The Morgan fingerprint density at radius 3 is 2.71 bits per heavy atom. The van der Waals surface area contributed by atoms with Gasteiger partial charge in [-0.05, 0) is 42.3 Å². The van der Waals surface area contributed by atoms with Gasteiger partial charge in [0.1, 0.15) is 0 Å². The number of nitrogens with one attached hydrogen (secondary N) is 1. The van der Waals surface area contributed by atoms with Crippen molar-refractivity contribution in [1.29, 1.82) is 0 Å². The molecule has 2 rings (SSSR count). The summed E-state index contributed by atoms with van der Waals surface area (Å²) in [4.78, 5) is 3.98. The molecule has 4 heteroatoms. The maximum Gasteiger partial charge on any atom is 0.0656 e. The summed E-state index contributed by atoms with van der Waals surface area (Å²) < 4.78 is 0. The van der Waals surface area contributed by atoms with Gasteiger partial charge in [0.05, 0.1) is 10.7 Å². The molecule has 0 unspecified atom stereocenters. The molecule has 0 saturated carbocycles. The van der Waals surface area contributed by atoms with Crippen LogP contribution in [-0.4, -0.2) is 4.98 Å². The van der Waals surface area contributed by atoms with Gasteiger partial charge in [0, 0.05) is 24.6 Å². The number of nitrogens with zero attached hydrogens (tertiary/aromatic N) is 1. The molecule has 0 radical (unpaired) electrons. The van der Waals surface area contributed by atoms with E-state index >= 15 is 0 Å². The van der Waals surface area contributed by atoms with Crippen molar-refractivity contribution in [2.24, 2.45) is 0 Å². The maximum atomic E-state index is 5.99. The number of nitrogens with two attached hydrogens (primary N) is 1. The first kappa shape index (κ1) is 11.7. The molecule has 1 aromatic heterocycles. The van der Waals surface area contributed by atoms with E-state index in [0.717, 1.165) is 17.8 Å². The number of benzene rings is 1. The molecule has 3 N–H and O–H groups in total. The summed E-state index contributed by atoms with van der Waals surface area (Å²) in [5, 5.41) is 3.91. The average molecular weight is 248 g/mol. The number of aryl methyl sites for hydroxylation is 1. The molecule has 1 heterocycles. The van der Waals surface area contributed by atoms with E-state index in [1.165, 1.54) is 5.56 Å². The number of hydrogen-bond acceptors (Lipinski definition) is 3. The fraction of sp³-hybridized carbons (Fsp3) is 0.154. The highest BCUT2D eigenvalue weighted by atomic mass is 35.5. The van der Waals surface area contributed by atoms with Gasteiger partial charge in [-0.3, -0.25) is 4.98 Å². The van der Waals surface area contributed by atoms with Crippen LogP contribution in [0.1, 0.15) is 11.1 Å². The van der Waals surface area contributed by atoms with Gasteiger partial charge in [0.2, 0.25) is 0 Å². The number of hydrogen-bond donors (Lipinski definition) is 2. The van der Waals surface area contributed by atoms with E-state index in [0.29, 0.717) is 10.7 Å². The molecule has 0 aliphatic rings. The van der Waals surface area contributed by atoms with E-state index in [9.17, 15) is 0 Å². The monoisotopic (exact) mass is 247 g/mol. The Kier molecular flexibility index (Phi) is 3.49. The first-order valence-electron chi connectivity index (χ1n) is 5.35. The highest BCUT2D eigenvalue weighted by Crippen LogP contribution is 2.26. The van der Waals surface area contributed by atoms with E-state index in [1.54, 1.807) is 12.4 Å². The largest absolute Gasteiger partial charge is 0.398 e. The van der Waals surface area contributed by atoms with Gasteiger partial charge in [-0.2, -0.15) is 0 Å². The van der Waals surface area contributed by atoms with Crippen LogP contribution in [0.15, 0.2) is 36.7 Å². The van der Waals surface area contributed by atoms with Crippen LogP contribution < -0.4 is 11.1 Å². The van der Waals surface area contributed by atoms with Crippen LogP contribution in [0.5, 0.6) is 0 Å². The summed E-state index contributed by atoms with van der Waals surface area (Å²) in [6.07, 6.45) is 3.56. The molecule has 0 atom stereocenters. The minimum Gasteiger partial charge on any atom is -0.398 e. The zero-order valence-electron chi connectivity index (χ0n) is 9.57. The molecule has 0 fully saturated rings. The lowest BCUT2D eigenvalue weighted by molar-refractivity contribution is 1.12. The summed E-state index contributed by atoms with van der Waals surface area (Å²) in [5.41, 5.74) is 9.60. The van der Waals surface area contributed by atoms with Crippen LogP contribution in [0, 0.1) is 6.92 Å². The molecule has 0 aliphatic heterocycles. The van der Waals surface area contributed by atoms with Gasteiger partial charge in [0.25, 0.3) is 0 Å². The minimum atomic E-state index is 0.577. The maximum absolute atomic E-state index is 5.99. The SMILES string of the molecule is Cc1cc(N)c(Cl)cc1NCc1ccncc1. The molecule has 2 aromatic rings. The molecule has 17 heavy (non-hydrogen) atoms. The van der Waals surface area contributed by atoms with Crippen molar-refractivity contribution in [3.8, 4) is 0 Å². The van der Waals surface area contributed by atoms with Gasteiger partial charge in [-0.25, -0.2) is 0 Å². The van der Waals surface area contributed by atoms with Crippen molar-refractivity contribution in [2.45, 2.75) is 13.5 Å². The summed E-state index contributed by atoms with van der Waals surface area (Å²) in [7, 11) is 0. The third kappa shape index (κ3) is 2.88. The average Bonchev–Trinajstić information content (AvgIpc) is 2.33. The van der Waals surface area contributed by atoms with Crippen LogP contribution in [0.2, 0.25) is 5.02 Å². The van der Waals surface area contributed by atoms with Crippen LogP contribution >= 0.6 is 11.6 Å². The summed E-state index contributed by atoms with van der Waals surface area (Å²) in [6, 6.07) is 7.67. The van der Waals surface area contributed by atoms with Crippen molar-refractivity contribution in [2.75, 3.05) is 11.1 Å². The number of anilines is 2. The van der Waals surface area contributed by atoms with Crippen molar-refractivity contribution < 1.29 is 0 Å². The predicted molar refractivity (Wildman–Crippen MR) is 72.2 cm³/mol. The van der Waals surface area contributed by atoms with Crippen molar-refractivity contribution in [1.82, 2.24) is 4.98 Å². The van der Waals surface area contributed by atoms with Gasteiger partial charge in [-0.15, -0.1) is 0 Å². The highest BCUT2D eigenvalue weighted by molar-refractivity contribution is 6.33. The van der Waals surface area contributed by atoms with Gasteiger partial charge in [-0.1, -0.05) is 11.6 Å². The Labute approximate surface area is 106 Å². The second-order valence-electron chi connectivity index (χ2n) is 3.90. The lowest BCUT2D eigenvalue weighted by Crippen LogP contribution is -2.02. The van der Waals surface area contributed by atoms with Crippen molar-refractivity contribution in [3.63, 3.8) is 0 Å². The predicted octanol–water partition coefficient (Wildman–Crippen LogP) is 3.24. The van der Waals surface area contributed by atoms with Crippen molar-refractivity contribution >= 4 is 23.0 Å². The Hall–Kier alpha value is -1.74. The van der Waals surface area contributed by atoms with Crippen LogP contribution in [0.4, 0.5) is 11.4 Å². The number of pyridine rings is 1. The molecular weight excluding hydrogens is 234 g/mol.